The predicted octanol–water partition coefficient (Wildman–Crippen LogP) is 5.36. The van der Waals surface area contributed by atoms with E-state index in [-0.39, 0.29) is 33.3 Å². The number of hydrogen-bond acceptors (Lipinski definition) is 7. The van der Waals surface area contributed by atoms with Gasteiger partial charge in [0, 0.05) is 12.1 Å². The zero-order valence-electron chi connectivity index (χ0n) is 16.9. The molecule has 0 aliphatic rings. The lowest BCUT2D eigenvalue weighted by Gasteiger charge is -2.15. The van der Waals surface area contributed by atoms with E-state index in [1.807, 2.05) is 0 Å². The standard InChI is InChI=1S/C22H17Cl2NO6S/c1-29-17-9-13(22(28)31-11-16(26)19-7-8-20(24)32-19)15(10-18(17)30-2)25-21(27)12-5-3-4-6-14(12)23/h3-10H,11H2,1-2H3,(H,25,27). The molecule has 0 saturated carbocycles. The Balaban J connectivity index is 1.87. The molecular weight excluding hydrogens is 477 g/mol. The number of nitrogens with one attached hydrogen (secondary N) is 1. The molecule has 0 atom stereocenters. The number of hydrogen-bond donors (Lipinski definition) is 1. The van der Waals surface area contributed by atoms with E-state index in [9.17, 15) is 14.4 Å². The van der Waals surface area contributed by atoms with Gasteiger partial charge in [0.05, 0.1) is 45.3 Å². The molecule has 0 saturated heterocycles. The number of halogens is 2. The highest BCUT2D eigenvalue weighted by Crippen LogP contribution is 2.34. The maximum absolute atomic E-state index is 12.8. The highest BCUT2D eigenvalue weighted by Gasteiger charge is 2.22. The minimum atomic E-state index is -0.837. The summed E-state index contributed by atoms with van der Waals surface area (Å²) in [5, 5.41) is 2.88. The van der Waals surface area contributed by atoms with Crippen molar-refractivity contribution in [3.05, 3.63) is 73.9 Å². The molecule has 10 heteroatoms. The molecule has 0 aliphatic carbocycles. The second-order valence-electron chi connectivity index (χ2n) is 6.29. The maximum Gasteiger partial charge on any atom is 0.340 e. The lowest BCUT2D eigenvalue weighted by Crippen LogP contribution is -2.18. The van der Waals surface area contributed by atoms with Crippen molar-refractivity contribution < 1.29 is 28.6 Å². The number of thiophene rings is 1. The minimum absolute atomic E-state index is 0.0277. The number of carbonyl (C=O) groups excluding carboxylic acids is 3. The molecule has 7 nitrogen and oxygen atoms in total. The molecule has 2 aromatic carbocycles. The topological polar surface area (TPSA) is 90.9 Å². The molecule has 3 aromatic rings. The Morgan fingerprint density at radius 3 is 2.25 bits per heavy atom. The summed E-state index contributed by atoms with van der Waals surface area (Å²) < 4.78 is 16.1. The summed E-state index contributed by atoms with van der Waals surface area (Å²) >= 11 is 13.0. The van der Waals surface area contributed by atoms with Crippen LogP contribution in [0.15, 0.2) is 48.5 Å². The second-order valence-corrected chi connectivity index (χ2v) is 8.41. The number of ether oxygens (including phenoxy) is 3. The summed E-state index contributed by atoms with van der Waals surface area (Å²) in [6.45, 7) is -0.498. The van der Waals surface area contributed by atoms with Gasteiger partial charge >= 0.3 is 5.97 Å². The van der Waals surface area contributed by atoms with Gasteiger partial charge in [0.25, 0.3) is 5.91 Å². The van der Waals surface area contributed by atoms with Crippen molar-refractivity contribution in [3.63, 3.8) is 0 Å². The van der Waals surface area contributed by atoms with Gasteiger partial charge in [-0.05, 0) is 24.3 Å². The number of methoxy groups -OCH3 is 2. The SMILES string of the molecule is COc1cc(NC(=O)c2ccccc2Cl)c(C(=O)OCC(=O)c2ccc(Cl)s2)cc1OC. The van der Waals surface area contributed by atoms with Gasteiger partial charge in [0.15, 0.2) is 18.1 Å². The molecule has 0 radical (unpaired) electrons. The predicted molar refractivity (Wildman–Crippen MR) is 123 cm³/mol. The quantitative estimate of drug-likeness (QED) is 0.335. The van der Waals surface area contributed by atoms with Crippen LogP contribution in [0.3, 0.4) is 0 Å². The number of esters is 1. The number of rotatable bonds is 8. The lowest BCUT2D eigenvalue weighted by atomic mass is 10.1. The van der Waals surface area contributed by atoms with Crippen LogP contribution in [0.5, 0.6) is 11.5 Å². The molecule has 1 amide bonds. The fraction of sp³-hybridized carbons (Fsp3) is 0.136. The molecular formula is C22H17Cl2NO6S. The number of ketones is 1. The molecule has 1 aromatic heterocycles. The molecule has 1 heterocycles. The van der Waals surface area contributed by atoms with E-state index in [1.54, 1.807) is 36.4 Å². The van der Waals surface area contributed by atoms with Crippen LogP contribution < -0.4 is 14.8 Å². The zero-order valence-corrected chi connectivity index (χ0v) is 19.3. The van der Waals surface area contributed by atoms with Crippen LogP contribution in [0.25, 0.3) is 0 Å². The number of benzene rings is 2. The van der Waals surface area contributed by atoms with Crippen molar-refractivity contribution in [1.82, 2.24) is 0 Å². The summed E-state index contributed by atoms with van der Waals surface area (Å²) in [5.41, 5.74) is 0.289. The number of amides is 1. The number of carbonyl (C=O) groups is 3. The van der Waals surface area contributed by atoms with Crippen LogP contribution in [0.4, 0.5) is 5.69 Å². The molecule has 32 heavy (non-hydrogen) atoms. The fourth-order valence-corrected chi connectivity index (χ4v) is 3.92. The van der Waals surface area contributed by atoms with Crippen LogP contribution >= 0.6 is 34.5 Å². The Morgan fingerprint density at radius 2 is 1.62 bits per heavy atom. The fourth-order valence-electron chi connectivity index (χ4n) is 2.73. The van der Waals surface area contributed by atoms with Crippen molar-refractivity contribution in [1.29, 1.82) is 0 Å². The van der Waals surface area contributed by atoms with E-state index >= 15 is 0 Å². The molecule has 0 bridgehead atoms. The van der Waals surface area contributed by atoms with E-state index in [2.05, 4.69) is 5.32 Å². The smallest absolute Gasteiger partial charge is 0.340 e. The third kappa shape index (κ3) is 5.40. The molecule has 1 N–H and O–H groups in total. The average molecular weight is 494 g/mol. The van der Waals surface area contributed by atoms with Gasteiger partial charge in [-0.3, -0.25) is 9.59 Å². The van der Waals surface area contributed by atoms with Crippen molar-refractivity contribution in [2.75, 3.05) is 26.1 Å². The Morgan fingerprint density at radius 1 is 0.938 bits per heavy atom. The highest BCUT2D eigenvalue weighted by atomic mass is 35.5. The summed E-state index contributed by atoms with van der Waals surface area (Å²) in [6.07, 6.45) is 0. The Bertz CT molecular complexity index is 1180. The van der Waals surface area contributed by atoms with Crippen molar-refractivity contribution in [2.45, 2.75) is 0 Å². The van der Waals surface area contributed by atoms with Gasteiger partial charge in [-0.15, -0.1) is 11.3 Å². The van der Waals surface area contributed by atoms with Crippen LogP contribution in [-0.4, -0.2) is 38.5 Å². The second kappa shape index (κ2) is 10.5. The normalized spacial score (nSPS) is 10.4. The third-order valence-corrected chi connectivity index (χ3v) is 5.89. The van der Waals surface area contributed by atoms with Gasteiger partial charge in [0.1, 0.15) is 0 Å². The summed E-state index contributed by atoms with van der Waals surface area (Å²) in [6, 6.07) is 12.4. The summed E-state index contributed by atoms with van der Waals surface area (Å²) in [5.74, 6) is -1.26. The van der Waals surface area contributed by atoms with Crippen molar-refractivity contribution >= 4 is 57.9 Å². The molecule has 0 fully saturated rings. The molecule has 0 aliphatic heterocycles. The summed E-state index contributed by atoms with van der Waals surface area (Å²) in [4.78, 5) is 38.1. The molecule has 0 spiro atoms. The highest BCUT2D eigenvalue weighted by molar-refractivity contribution is 7.18. The monoisotopic (exact) mass is 493 g/mol. The van der Waals surface area contributed by atoms with Crippen molar-refractivity contribution in [3.8, 4) is 11.5 Å². The van der Waals surface area contributed by atoms with Crippen molar-refractivity contribution in [2.24, 2.45) is 0 Å². The average Bonchev–Trinajstić information content (AvgIpc) is 3.23. The Kier molecular flexibility index (Phi) is 7.74. The maximum atomic E-state index is 12.8. The first-order valence-corrected chi connectivity index (χ1v) is 10.7. The van der Waals surface area contributed by atoms with Gasteiger partial charge in [0.2, 0.25) is 5.78 Å². The van der Waals surface area contributed by atoms with Crippen LogP contribution in [0.1, 0.15) is 30.4 Å². The largest absolute Gasteiger partial charge is 0.493 e. The van der Waals surface area contributed by atoms with Gasteiger partial charge in [-0.2, -0.15) is 0 Å². The van der Waals surface area contributed by atoms with Gasteiger partial charge in [-0.1, -0.05) is 35.3 Å². The zero-order chi connectivity index (χ0) is 23.3. The van der Waals surface area contributed by atoms with Gasteiger partial charge in [-0.25, -0.2) is 4.79 Å². The first kappa shape index (κ1) is 23.6. The van der Waals surface area contributed by atoms with E-state index in [0.717, 1.165) is 11.3 Å². The van der Waals surface area contributed by atoms with Crippen LogP contribution in [0.2, 0.25) is 9.36 Å². The van der Waals surface area contributed by atoms with Crippen LogP contribution in [0, 0.1) is 0 Å². The summed E-state index contributed by atoms with van der Waals surface area (Å²) in [7, 11) is 2.82. The van der Waals surface area contributed by atoms with E-state index in [4.69, 9.17) is 37.4 Å². The van der Waals surface area contributed by atoms with Gasteiger partial charge < -0.3 is 19.5 Å². The molecule has 166 valence electrons. The number of anilines is 1. The Hall–Kier alpha value is -3.07. The van der Waals surface area contributed by atoms with E-state index < -0.39 is 24.3 Å². The number of Topliss-reactive ketones (excluding diaryl/α,β-unsaturated/α-hetero) is 1. The van der Waals surface area contributed by atoms with E-state index in [0.29, 0.717) is 9.21 Å². The third-order valence-electron chi connectivity index (χ3n) is 4.29. The first-order valence-electron chi connectivity index (χ1n) is 9.11. The van der Waals surface area contributed by atoms with E-state index in [1.165, 1.54) is 26.4 Å². The lowest BCUT2D eigenvalue weighted by molar-refractivity contribution is 0.0476. The first-order chi connectivity index (χ1) is 15.3. The minimum Gasteiger partial charge on any atom is -0.493 e. The molecule has 0 unspecified atom stereocenters. The molecule has 3 rings (SSSR count). The Labute approximate surface area is 197 Å². The van der Waals surface area contributed by atoms with Crippen LogP contribution in [-0.2, 0) is 4.74 Å².